The van der Waals surface area contributed by atoms with E-state index < -0.39 is 29.7 Å². The van der Waals surface area contributed by atoms with Crippen LogP contribution < -0.4 is 21.9 Å². The number of hydrogen-bond donors (Lipinski definition) is 3. The van der Waals surface area contributed by atoms with E-state index in [0.717, 1.165) is 32.6 Å². The van der Waals surface area contributed by atoms with Gasteiger partial charge in [0.15, 0.2) is 12.3 Å². The third kappa shape index (κ3) is 5.37. The van der Waals surface area contributed by atoms with Crippen molar-refractivity contribution in [2.75, 3.05) is 37.5 Å². The second-order valence-corrected chi connectivity index (χ2v) is 8.81. The Morgan fingerprint density at radius 1 is 1.05 bits per heavy atom. The molecule has 11 heteroatoms. The van der Waals surface area contributed by atoms with Crippen LogP contribution in [-0.2, 0) is 20.8 Å². The van der Waals surface area contributed by atoms with E-state index in [2.05, 4.69) is 9.97 Å². The number of anilines is 2. The van der Waals surface area contributed by atoms with Crippen LogP contribution >= 0.6 is 0 Å². The summed E-state index contributed by atoms with van der Waals surface area (Å²) in [4.78, 5) is 57.8. The van der Waals surface area contributed by atoms with Crippen LogP contribution in [0.3, 0.4) is 0 Å². The molecule has 0 bridgehead atoms. The molecule has 4 rings (SSSR count). The number of nitrogen functional groups attached to an aromatic ring is 1. The van der Waals surface area contributed by atoms with E-state index in [1.54, 1.807) is 30.3 Å². The van der Waals surface area contributed by atoms with Crippen LogP contribution in [-0.4, -0.2) is 53.3 Å². The number of carbonyl (C=O) groups excluding carboxylic acids is 2. The average molecular weight is 520 g/mol. The Labute approximate surface area is 217 Å². The molecule has 1 amide bonds. The molecule has 38 heavy (non-hydrogen) atoms. The Hall–Kier alpha value is -4.64. The van der Waals surface area contributed by atoms with Crippen molar-refractivity contribution in [2.24, 2.45) is 0 Å². The zero-order valence-electron chi connectivity index (χ0n) is 21.4. The molecule has 0 radical (unpaired) electrons. The Morgan fingerprint density at radius 3 is 2.50 bits per heavy atom. The normalized spacial score (nSPS) is 11.0. The monoisotopic (exact) mass is 519 g/mol. The van der Waals surface area contributed by atoms with Gasteiger partial charge in [0.25, 0.3) is 11.5 Å². The maximum absolute atomic E-state index is 13.2. The van der Waals surface area contributed by atoms with Crippen LogP contribution in [0, 0.1) is 13.8 Å². The van der Waals surface area contributed by atoms with Crippen molar-refractivity contribution in [3.8, 4) is 0 Å². The highest BCUT2D eigenvalue weighted by atomic mass is 16.5. The number of carbonyl (C=O) groups is 2. The summed E-state index contributed by atoms with van der Waals surface area (Å²) < 4.78 is 11.6. The lowest BCUT2D eigenvalue weighted by Crippen LogP contribution is -2.44. The van der Waals surface area contributed by atoms with Crippen molar-refractivity contribution < 1.29 is 19.1 Å². The topological polar surface area (TPSA) is 153 Å². The molecule has 2 aromatic heterocycles. The van der Waals surface area contributed by atoms with E-state index in [1.807, 2.05) is 32.0 Å². The first-order valence-electron chi connectivity index (χ1n) is 11.9. The van der Waals surface area contributed by atoms with E-state index in [4.69, 9.17) is 15.2 Å². The molecule has 0 aliphatic carbocycles. The van der Waals surface area contributed by atoms with Crippen molar-refractivity contribution >= 4 is 34.3 Å². The molecule has 0 unspecified atom stereocenters. The van der Waals surface area contributed by atoms with Crippen LogP contribution in [0.15, 0.2) is 58.1 Å². The number of hydrogen-bond acceptors (Lipinski definition) is 7. The van der Waals surface area contributed by atoms with Gasteiger partial charge in [-0.05, 0) is 43.2 Å². The van der Waals surface area contributed by atoms with Gasteiger partial charge in [-0.15, -0.1) is 0 Å². The number of aromatic nitrogens is 3. The van der Waals surface area contributed by atoms with Gasteiger partial charge in [0.05, 0.1) is 18.7 Å². The SMILES string of the molecule is COCCN(C(=O)COC(=O)c1ccc2[nH]c(C)c(C)c2c1)c1c(N)n(Cc2ccccc2)c(=O)[nH]c1=O. The van der Waals surface area contributed by atoms with Crippen molar-refractivity contribution in [1.29, 1.82) is 0 Å². The lowest BCUT2D eigenvalue weighted by molar-refractivity contribution is -0.121. The number of rotatable bonds is 9. The van der Waals surface area contributed by atoms with Crippen molar-refractivity contribution in [1.82, 2.24) is 14.5 Å². The molecular formula is C27H29N5O6. The summed E-state index contributed by atoms with van der Waals surface area (Å²) in [6, 6.07) is 14.1. The molecule has 2 aromatic carbocycles. The van der Waals surface area contributed by atoms with Gasteiger partial charge >= 0.3 is 11.7 Å². The van der Waals surface area contributed by atoms with E-state index >= 15 is 0 Å². The van der Waals surface area contributed by atoms with E-state index in [-0.39, 0.29) is 36.8 Å². The Bertz CT molecular complexity index is 1600. The van der Waals surface area contributed by atoms with E-state index in [1.165, 1.54) is 11.7 Å². The number of fused-ring (bicyclic) bond motifs is 1. The number of benzene rings is 2. The number of aryl methyl sites for hydroxylation is 2. The number of H-pyrrole nitrogens is 2. The fourth-order valence-electron chi connectivity index (χ4n) is 4.18. The number of esters is 1. The molecule has 4 N–H and O–H groups in total. The molecule has 0 spiro atoms. The Kier molecular flexibility index (Phi) is 7.77. The van der Waals surface area contributed by atoms with E-state index in [0.29, 0.717) is 0 Å². The first kappa shape index (κ1) is 26.4. The zero-order chi connectivity index (χ0) is 27.4. The summed E-state index contributed by atoms with van der Waals surface area (Å²) in [7, 11) is 1.44. The molecule has 11 nitrogen and oxygen atoms in total. The first-order valence-corrected chi connectivity index (χ1v) is 11.9. The van der Waals surface area contributed by atoms with Gasteiger partial charge in [0, 0.05) is 30.3 Å². The standard InChI is InChI=1S/C27H29N5O6/c1-16-17(2)29-21-10-9-19(13-20(16)21)26(35)38-15-22(33)31(11-12-37-3)23-24(28)32(27(36)30-25(23)34)14-18-7-5-4-6-8-18/h4-10,13,29H,11-12,14-15,28H2,1-3H3,(H,30,34,36). The minimum absolute atomic E-state index is 0.0581. The molecule has 0 fully saturated rings. The van der Waals surface area contributed by atoms with Crippen molar-refractivity contribution in [2.45, 2.75) is 20.4 Å². The number of nitrogens with two attached hydrogens (primary N) is 1. The fraction of sp³-hybridized carbons (Fsp3) is 0.259. The lowest BCUT2D eigenvalue weighted by atomic mass is 10.1. The molecule has 0 aliphatic heterocycles. The molecule has 0 aliphatic rings. The zero-order valence-corrected chi connectivity index (χ0v) is 21.4. The van der Waals surface area contributed by atoms with Gasteiger partial charge in [-0.25, -0.2) is 9.59 Å². The van der Waals surface area contributed by atoms with E-state index in [9.17, 15) is 19.2 Å². The molecular weight excluding hydrogens is 490 g/mol. The van der Waals surface area contributed by atoms with Gasteiger partial charge in [0.2, 0.25) is 0 Å². The highest BCUT2D eigenvalue weighted by Gasteiger charge is 2.25. The third-order valence-electron chi connectivity index (χ3n) is 6.36. The Morgan fingerprint density at radius 2 is 1.79 bits per heavy atom. The summed E-state index contributed by atoms with van der Waals surface area (Å²) in [6.07, 6.45) is 0. The fourth-order valence-corrected chi connectivity index (χ4v) is 4.18. The second-order valence-electron chi connectivity index (χ2n) is 8.81. The number of methoxy groups -OCH3 is 1. The number of nitrogens with zero attached hydrogens (tertiary/aromatic N) is 2. The molecule has 0 atom stereocenters. The lowest BCUT2D eigenvalue weighted by Gasteiger charge is -2.24. The Balaban J connectivity index is 1.59. The smallest absolute Gasteiger partial charge is 0.338 e. The highest BCUT2D eigenvalue weighted by Crippen LogP contribution is 2.23. The van der Waals surface area contributed by atoms with Crippen LogP contribution in [0.4, 0.5) is 11.5 Å². The molecule has 0 saturated heterocycles. The molecule has 2 heterocycles. The van der Waals surface area contributed by atoms with Gasteiger partial charge < -0.3 is 20.2 Å². The quantitative estimate of drug-likeness (QED) is 0.286. The minimum atomic E-state index is -0.837. The predicted octanol–water partition coefficient (Wildman–Crippen LogP) is 2.10. The molecule has 0 saturated carbocycles. The molecule has 4 aromatic rings. The van der Waals surface area contributed by atoms with Crippen LogP contribution in [0.25, 0.3) is 10.9 Å². The van der Waals surface area contributed by atoms with Crippen molar-refractivity contribution in [3.05, 3.63) is 91.8 Å². The second kappa shape index (κ2) is 11.2. The molecule has 198 valence electrons. The first-order chi connectivity index (χ1) is 18.2. The summed E-state index contributed by atoms with van der Waals surface area (Å²) in [5.41, 5.74) is 8.43. The van der Waals surface area contributed by atoms with Gasteiger partial charge in [-0.1, -0.05) is 30.3 Å². The number of ether oxygens (including phenoxy) is 2. The van der Waals surface area contributed by atoms with Gasteiger partial charge in [-0.3, -0.25) is 24.0 Å². The average Bonchev–Trinajstić information content (AvgIpc) is 3.19. The maximum Gasteiger partial charge on any atom is 0.338 e. The van der Waals surface area contributed by atoms with Crippen LogP contribution in [0.5, 0.6) is 0 Å². The highest BCUT2D eigenvalue weighted by molar-refractivity contribution is 6.00. The number of amides is 1. The largest absolute Gasteiger partial charge is 0.452 e. The summed E-state index contributed by atoms with van der Waals surface area (Å²) in [5, 5.41) is 0.880. The summed E-state index contributed by atoms with van der Waals surface area (Å²) in [6.45, 7) is 3.33. The van der Waals surface area contributed by atoms with Crippen LogP contribution in [0.1, 0.15) is 27.2 Å². The predicted molar refractivity (Wildman–Crippen MR) is 144 cm³/mol. The third-order valence-corrected chi connectivity index (χ3v) is 6.36. The summed E-state index contributed by atoms with van der Waals surface area (Å²) in [5.74, 6) is -1.59. The van der Waals surface area contributed by atoms with Gasteiger partial charge in [0.1, 0.15) is 5.82 Å². The number of aromatic amines is 2. The van der Waals surface area contributed by atoms with Crippen molar-refractivity contribution in [3.63, 3.8) is 0 Å². The minimum Gasteiger partial charge on any atom is -0.452 e. The number of nitrogens with one attached hydrogen (secondary N) is 2. The summed E-state index contributed by atoms with van der Waals surface area (Å²) >= 11 is 0. The van der Waals surface area contributed by atoms with Gasteiger partial charge in [-0.2, -0.15) is 0 Å². The van der Waals surface area contributed by atoms with Crippen LogP contribution in [0.2, 0.25) is 0 Å². The maximum atomic E-state index is 13.2.